The predicted molar refractivity (Wildman–Crippen MR) is 610 cm³/mol. The molecule has 0 amide bonds. The van der Waals surface area contributed by atoms with Gasteiger partial charge in [0.2, 0.25) is 0 Å². The van der Waals surface area contributed by atoms with Gasteiger partial charge in [-0.25, -0.2) is 44.9 Å². The molecule has 9 heterocycles. The van der Waals surface area contributed by atoms with E-state index in [0.717, 1.165) is 221 Å². The molecule has 0 spiro atoms. The molecule has 702 valence electrons. The third-order valence-corrected chi connectivity index (χ3v) is 29.2. The fourth-order valence-corrected chi connectivity index (χ4v) is 22.1. The van der Waals surface area contributed by atoms with Crippen LogP contribution < -0.4 is 0 Å². The van der Waals surface area contributed by atoms with Crippen molar-refractivity contribution in [2.45, 2.75) is 0 Å². The molecule has 14 nitrogen and oxygen atoms in total. The Bertz CT molecular complexity index is 10100. The summed E-state index contributed by atoms with van der Waals surface area (Å²) in [6.07, 6.45) is 0. The third kappa shape index (κ3) is 16.1. The number of hydrogen-bond acceptors (Lipinski definition) is 15. The van der Waals surface area contributed by atoms with Gasteiger partial charge in [0.15, 0.2) is 52.4 Å². The number of aromatic nitrogens is 9. The van der Waals surface area contributed by atoms with E-state index in [2.05, 4.69) is 334 Å². The summed E-state index contributed by atoms with van der Waals surface area (Å²) in [4.78, 5) is 46.3. The highest BCUT2D eigenvalue weighted by atomic mass is 32.1. The molecule has 0 fully saturated rings. The lowest BCUT2D eigenvalue weighted by Crippen LogP contribution is -2.00. The van der Waals surface area contributed by atoms with Gasteiger partial charge < -0.3 is 22.1 Å². The number of para-hydroxylation sites is 3. The minimum absolute atomic E-state index is 0.579. The van der Waals surface area contributed by atoms with Crippen molar-refractivity contribution in [3.63, 3.8) is 0 Å². The summed E-state index contributed by atoms with van der Waals surface area (Å²) in [6.45, 7) is 0. The van der Waals surface area contributed by atoms with Gasteiger partial charge in [-0.1, -0.05) is 382 Å². The second kappa shape index (κ2) is 37.2. The lowest BCUT2D eigenvalue weighted by molar-refractivity contribution is 0.668. The highest BCUT2D eigenvalue weighted by Gasteiger charge is 2.27. The Balaban J connectivity index is 0.000000108. The highest BCUT2D eigenvalue weighted by molar-refractivity contribution is 7.26. The first kappa shape index (κ1) is 87.6. The molecule has 0 radical (unpaired) electrons. The van der Waals surface area contributed by atoms with E-state index in [4.69, 9.17) is 66.9 Å². The summed E-state index contributed by atoms with van der Waals surface area (Å²) < 4.78 is 34.2. The van der Waals surface area contributed by atoms with Crippen LogP contribution in [-0.2, 0) is 0 Å². The van der Waals surface area contributed by atoms with Crippen LogP contribution in [0.2, 0.25) is 0 Å². The second-order valence-corrected chi connectivity index (χ2v) is 38.2. The summed E-state index contributed by atoms with van der Waals surface area (Å²) in [7, 11) is 0. The monoisotopic (exact) mass is 1940 g/mol. The van der Waals surface area contributed by atoms with Crippen LogP contribution in [0.4, 0.5) is 0 Å². The van der Waals surface area contributed by atoms with Gasteiger partial charge in [0, 0.05) is 130 Å². The van der Waals surface area contributed by atoms with Gasteiger partial charge in [0.05, 0.1) is 0 Å². The average Bonchev–Trinajstić information content (AvgIpc) is 1.58. The first-order valence-corrected chi connectivity index (χ1v) is 50.6. The molecule has 30 rings (SSSR count). The van der Waals surface area contributed by atoms with Gasteiger partial charge >= 0.3 is 0 Å². The number of hydrogen-bond donors (Lipinski definition) is 0. The Hall–Kier alpha value is -20.1. The van der Waals surface area contributed by atoms with Gasteiger partial charge in [-0.3, -0.25) is 0 Å². The van der Waals surface area contributed by atoms with Crippen LogP contribution in [0, 0.1) is 0 Å². The molecule has 0 saturated heterocycles. The van der Waals surface area contributed by atoms with E-state index in [1.165, 1.54) is 25.7 Å². The number of benzene rings is 21. The molecule has 15 heteroatoms. The Labute approximate surface area is 862 Å². The molecule has 21 aromatic carbocycles. The number of nitrogens with zero attached hydrogens (tertiary/aromatic N) is 9. The summed E-state index contributed by atoms with van der Waals surface area (Å²) in [5.41, 5.74) is 29.9. The Morgan fingerprint density at radius 2 is 0.380 bits per heavy atom. The zero-order chi connectivity index (χ0) is 99.1. The normalized spacial score (nSPS) is 11.6. The molecule has 9 aromatic heterocycles. The van der Waals surface area contributed by atoms with Crippen molar-refractivity contribution in [3.8, 4) is 169 Å². The first-order valence-electron chi connectivity index (χ1n) is 49.8. The molecular weight excluding hydrogens is 1860 g/mol. The maximum Gasteiger partial charge on any atom is 0.164 e. The van der Waals surface area contributed by atoms with Crippen molar-refractivity contribution in [1.82, 2.24) is 44.9 Å². The number of thiophene rings is 1. The van der Waals surface area contributed by atoms with Crippen molar-refractivity contribution in [3.05, 3.63) is 491 Å². The smallest absolute Gasteiger partial charge is 0.164 e. The first-order chi connectivity index (χ1) is 74.3. The van der Waals surface area contributed by atoms with Gasteiger partial charge in [0.25, 0.3) is 0 Å². The van der Waals surface area contributed by atoms with Crippen LogP contribution in [0.15, 0.2) is 513 Å². The minimum atomic E-state index is 0.579. The summed E-state index contributed by atoms with van der Waals surface area (Å²) >= 11 is 1.79. The van der Waals surface area contributed by atoms with Gasteiger partial charge in [-0.15, -0.1) is 11.3 Å². The zero-order valence-corrected chi connectivity index (χ0v) is 81.1. The molecule has 0 aliphatic heterocycles. The molecule has 30 aromatic rings. The highest BCUT2D eigenvalue weighted by Crippen LogP contribution is 2.48. The van der Waals surface area contributed by atoms with Gasteiger partial charge in [0.1, 0.15) is 55.8 Å². The molecule has 0 unspecified atom stereocenters. The van der Waals surface area contributed by atoms with Crippen LogP contribution in [0.25, 0.3) is 299 Å². The van der Waals surface area contributed by atoms with Crippen LogP contribution in [0.5, 0.6) is 0 Å². The van der Waals surface area contributed by atoms with Gasteiger partial charge in [-0.2, -0.15) is 0 Å². The van der Waals surface area contributed by atoms with Gasteiger partial charge in [-0.05, 0) is 170 Å². The summed E-state index contributed by atoms with van der Waals surface area (Å²) in [5.74, 6) is 5.39. The molecule has 0 bridgehead atoms. The second-order valence-electron chi connectivity index (χ2n) is 37.2. The van der Waals surface area contributed by atoms with Crippen molar-refractivity contribution in [2.24, 2.45) is 0 Å². The fourth-order valence-electron chi connectivity index (χ4n) is 20.9. The van der Waals surface area contributed by atoms with E-state index in [9.17, 15) is 0 Å². The molecule has 0 aliphatic rings. The van der Waals surface area contributed by atoms with Crippen molar-refractivity contribution in [1.29, 1.82) is 0 Å². The van der Waals surface area contributed by atoms with E-state index in [-0.39, 0.29) is 0 Å². The number of furan rings is 5. The molecule has 0 aliphatic carbocycles. The van der Waals surface area contributed by atoms with Crippen LogP contribution >= 0.6 is 11.3 Å². The summed E-state index contributed by atoms with van der Waals surface area (Å²) in [5, 5.41) is 12.6. The lowest BCUT2D eigenvalue weighted by Gasteiger charge is -2.10. The van der Waals surface area contributed by atoms with E-state index in [0.29, 0.717) is 52.4 Å². The predicted octanol–water partition coefficient (Wildman–Crippen LogP) is 36.5. The molecule has 0 N–H and O–H groups in total. The van der Waals surface area contributed by atoms with Crippen LogP contribution in [-0.4, -0.2) is 44.9 Å². The van der Waals surface area contributed by atoms with Crippen LogP contribution in [0.1, 0.15) is 0 Å². The van der Waals surface area contributed by atoms with E-state index in [1.807, 2.05) is 158 Å². The van der Waals surface area contributed by atoms with E-state index >= 15 is 0 Å². The average molecular weight is 1940 g/mol. The Kier molecular flexibility index (Phi) is 21.8. The largest absolute Gasteiger partial charge is 0.456 e. The van der Waals surface area contributed by atoms with Crippen LogP contribution in [0.3, 0.4) is 0 Å². The number of rotatable bonds is 15. The van der Waals surface area contributed by atoms with Crippen molar-refractivity contribution < 1.29 is 22.1 Å². The minimum Gasteiger partial charge on any atom is -0.456 e. The van der Waals surface area contributed by atoms with Crippen molar-refractivity contribution >= 4 is 141 Å². The van der Waals surface area contributed by atoms with Crippen molar-refractivity contribution in [2.75, 3.05) is 0 Å². The maximum absolute atomic E-state index is 6.49. The Morgan fingerprint density at radius 1 is 0.127 bits per heavy atom. The van der Waals surface area contributed by atoms with E-state index in [1.54, 1.807) is 11.3 Å². The molecule has 0 atom stereocenters. The summed E-state index contributed by atoms with van der Waals surface area (Å²) in [6, 6.07) is 168. The maximum atomic E-state index is 6.49. The quantitative estimate of drug-likeness (QED) is 0.0945. The number of fused-ring (bicyclic) bond motifs is 18. The SMILES string of the molecule is c1ccc(-c2ccc(-c3nc(-c4ccc5oc6cccc(-c7ccccc7)c6c5c4)nc(-c4cccc5oc6ccccc6c45)n3)cc2)cc1.c1ccc(-c2ccc(-c3nc(-c4ccc5oc6cccc(-c7ccccc7)c6c5c4)nc(-c4cccc5sc6ccccc6c45)n3)cc2)cc1.c1ccc(-c2cccc(-c3nc(-c4ccc5oc6c(-c7ccccc7)cccc6c5c4)nc(-c4cccc5oc6ccccc6c45)n3)c2)cc1. The standard InChI is InChI=1S/2C45H27N3O2.C45H27N3OS/c1-3-12-28(13-4-1)30-16-9-17-31(26-30)43-46-44(48-45(47-43)36-21-11-23-40-41(36)35-18-7-8-22-38(35)49-40)32-24-25-39-37(27-32)34-20-10-19-33(42(34)50-39)29-14-5-2-6-15-29;1-3-11-28(12-4-1)29-21-23-31(24-22-29)43-46-44(48-45(47-43)35-17-10-20-40-42(35)34-15-7-8-18-37(34)49-40)32-25-26-38-36(27-32)41-33(16-9-19-39(41)50-38)30-13-5-2-6-14-30;1-3-11-28(12-4-1)29-21-23-31(24-22-29)43-46-44(48-45(47-43)35-17-10-20-40-42(35)34-15-7-8-19-39(34)50-40)32-25-26-37-36(27-32)41-33(16-9-18-38(41)49-37)30-13-5-2-6-14-30/h3*1-27H. The molecular formula is C135H81N9O5S. The Morgan fingerprint density at radius 3 is 0.820 bits per heavy atom. The molecule has 0 saturated carbocycles. The van der Waals surface area contributed by atoms with E-state index < -0.39 is 0 Å². The molecule has 150 heavy (non-hydrogen) atoms. The third-order valence-electron chi connectivity index (χ3n) is 28.1. The fraction of sp³-hybridized carbons (Fsp3) is 0. The topological polar surface area (TPSA) is 182 Å². The zero-order valence-electron chi connectivity index (χ0n) is 80.2. The lowest BCUT2D eigenvalue weighted by atomic mass is 9.99.